The topological polar surface area (TPSA) is 43.6 Å². The molecule has 0 saturated heterocycles. The lowest BCUT2D eigenvalue weighted by Crippen LogP contribution is -2.05. The van der Waals surface area contributed by atoms with Crippen LogP contribution in [-0.2, 0) is 11.0 Å². The summed E-state index contributed by atoms with van der Waals surface area (Å²) in [4.78, 5) is 13.8. The molecule has 8 heteroatoms. The van der Waals surface area contributed by atoms with Gasteiger partial charge in [-0.1, -0.05) is 11.6 Å². The monoisotopic (exact) mass is 264 g/mol. The Morgan fingerprint density at radius 1 is 1.47 bits per heavy atom. The highest BCUT2D eigenvalue weighted by Crippen LogP contribution is 2.32. The quantitative estimate of drug-likeness (QED) is 0.783. The Morgan fingerprint density at radius 3 is 2.76 bits per heavy atom. The number of aromatic nitrogens is 2. The van der Waals surface area contributed by atoms with E-state index in [0.717, 1.165) is 18.3 Å². The van der Waals surface area contributed by atoms with Crippen LogP contribution in [0.5, 0.6) is 5.88 Å². The molecule has 2 aromatic rings. The number of pyridine rings is 1. The second-order valence-corrected chi connectivity index (χ2v) is 3.42. The van der Waals surface area contributed by atoms with Gasteiger partial charge >= 0.3 is 6.18 Å². The molecule has 0 aliphatic rings. The summed E-state index contributed by atoms with van der Waals surface area (Å²) in [5, 5.41) is -0.0687. The van der Waals surface area contributed by atoms with Crippen molar-refractivity contribution in [3.05, 3.63) is 29.0 Å². The predicted octanol–water partition coefficient (Wildman–Crippen LogP) is 2.54. The molecule has 0 atom stereocenters. The zero-order valence-corrected chi connectivity index (χ0v) is 8.79. The molecule has 0 aliphatic heterocycles. The normalized spacial score (nSPS) is 11.8. The van der Waals surface area contributed by atoms with E-state index in [2.05, 4.69) is 9.72 Å². The number of hydrogen-bond donors (Lipinski definition) is 0. The Bertz CT molecular complexity index is 579. The third kappa shape index (κ3) is 2.05. The number of imidazole rings is 1. The van der Waals surface area contributed by atoms with Gasteiger partial charge in [0.15, 0.2) is 5.15 Å². The number of rotatable bonds is 2. The van der Waals surface area contributed by atoms with Crippen LogP contribution in [0.1, 0.15) is 5.56 Å². The third-order valence-corrected chi connectivity index (χ3v) is 2.37. The second kappa shape index (κ2) is 3.92. The summed E-state index contributed by atoms with van der Waals surface area (Å²) >= 11 is 5.74. The van der Waals surface area contributed by atoms with Gasteiger partial charge in [0.25, 0.3) is 12.4 Å². The van der Waals surface area contributed by atoms with Crippen molar-refractivity contribution in [1.82, 2.24) is 9.38 Å². The minimum absolute atomic E-state index is 0.0540. The molecule has 2 aromatic heterocycles. The molecule has 4 nitrogen and oxygen atoms in total. The number of carbonyl (C=O) groups is 1. The van der Waals surface area contributed by atoms with Gasteiger partial charge in [0.1, 0.15) is 5.65 Å². The van der Waals surface area contributed by atoms with E-state index in [0.29, 0.717) is 0 Å². The molecular weight excluding hydrogens is 261 g/mol. The Balaban J connectivity index is 2.59. The molecule has 17 heavy (non-hydrogen) atoms. The van der Waals surface area contributed by atoms with Crippen LogP contribution in [0.2, 0.25) is 5.15 Å². The zero-order valence-electron chi connectivity index (χ0n) is 8.03. The fraction of sp³-hybridized carbons (Fsp3) is 0.111. The molecule has 0 fully saturated rings. The maximum atomic E-state index is 12.4. The third-order valence-electron chi connectivity index (χ3n) is 2.03. The molecule has 90 valence electrons. The van der Waals surface area contributed by atoms with Gasteiger partial charge in [-0.2, -0.15) is 18.2 Å². The fourth-order valence-electron chi connectivity index (χ4n) is 1.29. The lowest BCUT2D eigenvalue weighted by molar-refractivity contribution is -0.137. The molecular formula is C9H4ClF3N2O2. The van der Waals surface area contributed by atoms with Gasteiger partial charge in [0, 0.05) is 6.20 Å². The first-order chi connectivity index (χ1) is 7.93. The summed E-state index contributed by atoms with van der Waals surface area (Å²) in [7, 11) is 0. The number of alkyl halides is 3. The number of hydrogen-bond acceptors (Lipinski definition) is 3. The van der Waals surface area contributed by atoms with Crippen LogP contribution in [0.3, 0.4) is 0 Å². The van der Waals surface area contributed by atoms with Crippen molar-refractivity contribution < 1.29 is 22.7 Å². The van der Waals surface area contributed by atoms with E-state index in [1.165, 1.54) is 4.40 Å². The Labute approximate surface area is 97.6 Å². The Morgan fingerprint density at radius 2 is 2.18 bits per heavy atom. The maximum Gasteiger partial charge on any atom is 0.416 e. The van der Waals surface area contributed by atoms with Gasteiger partial charge in [0.05, 0.1) is 5.56 Å². The number of halogens is 4. The minimum atomic E-state index is -4.47. The minimum Gasteiger partial charge on any atom is -0.406 e. The first-order valence-electron chi connectivity index (χ1n) is 4.28. The van der Waals surface area contributed by atoms with Crippen LogP contribution in [0.4, 0.5) is 13.2 Å². The SMILES string of the molecule is O=COc1nc2cc(C(F)(F)F)ccn2c1Cl. The summed E-state index contributed by atoms with van der Waals surface area (Å²) in [5.41, 5.74) is -0.911. The predicted molar refractivity (Wildman–Crippen MR) is 51.9 cm³/mol. The van der Waals surface area contributed by atoms with Crippen molar-refractivity contribution >= 4 is 23.7 Å². The van der Waals surface area contributed by atoms with Crippen LogP contribution < -0.4 is 4.74 Å². The van der Waals surface area contributed by atoms with Gasteiger partial charge in [-0.3, -0.25) is 9.20 Å². The molecule has 0 amide bonds. The van der Waals surface area contributed by atoms with Gasteiger partial charge in [-0.05, 0) is 12.1 Å². The molecule has 0 aliphatic carbocycles. The van der Waals surface area contributed by atoms with Crippen molar-refractivity contribution in [3.63, 3.8) is 0 Å². The van der Waals surface area contributed by atoms with Gasteiger partial charge in [0.2, 0.25) is 0 Å². The van der Waals surface area contributed by atoms with Crippen molar-refractivity contribution in [2.45, 2.75) is 6.18 Å². The molecule has 0 unspecified atom stereocenters. The Hall–Kier alpha value is -1.76. The zero-order chi connectivity index (χ0) is 12.6. The highest BCUT2D eigenvalue weighted by molar-refractivity contribution is 6.31. The molecule has 2 heterocycles. The Kier molecular flexibility index (Phi) is 2.70. The molecule has 2 rings (SSSR count). The van der Waals surface area contributed by atoms with Gasteiger partial charge in [-0.25, -0.2) is 0 Å². The van der Waals surface area contributed by atoms with Crippen LogP contribution in [-0.4, -0.2) is 15.9 Å². The average molecular weight is 265 g/mol. The van der Waals surface area contributed by atoms with Crippen molar-refractivity contribution in [2.24, 2.45) is 0 Å². The van der Waals surface area contributed by atoms with Crippen LogP contribution in [0.15, 0.2) is 18.3 Å². The van der Waals surface area contributed by atoms with Gasteiger partial charge in [-0.15, -0.1) is 0 Å². The molecule has 0 spiro atoms. The average Bonchev–Trinajstić information content (AvgIpc) is 2.55. The van der Waals surface area contributed by atoms with E-state index in [-0.39, 0.29) is 23.2 Å². The summed E-state index contributed by atoms with van der Waals surface area (Å²) in [6.45, 7) is 0.0956. The summed E-state index contributed by atoms with van der Waals surface area (Å²) in [5.74, 6) is -0.235. The first-order valence-corrected chi connectivity index (χ1v) is 4.66. The molecule has 0 saturated carbocycles. The van der Waals surface area contributed by atoms with Crippen molar-refractivity contribution in [3.8, 4) is 5.88 Å². The summed E-state index contributed by atoms with van der Waals surface area (Å²) in [6.07, 6.45) is -3.36. The number of ether oxygens (including phenoxy) is 1. The van der Waals surface area contributed by atoms with E-state index in [1.54, 1.807) is 0 Å². The van der Waals surface area contributed by atoms with E-state index >= 15 is 0 Å². The molecule has 0 radical (unpaired) electrons. The summed E-state index contributed by atoms with van der Waals surface area (Å²) < 4.78 is 42.8. The van der Waals surface area contributed by atoms with E-state index in [1.807, 2.05) is 0 Å². The largest absolute Gasteiger partial charge is 0.416 e. The lowest BCUT2D eigenvalue weighted by Gasteiger charge is -2.05. The summed E-state index contributed by atoms with van der Waals surface area (Å²) in [6, 6.07) is 1.66. The smallest absolute Gasteiger partial charge is 0.406 e. The van der Waals surface area contributed by atoms with Crippen LogP contribution in [0, 0.1) is 0 Å². The highest BCUT2D eigenvalue weighted by Gasteiger charge is 2.31. The van der Waals surface area contributed by atoms with E-state index in [4.69, 9.17) is 11.6 Å². The number of carbonyl (C=O) groups excluding carboxylic acids is 1. The van der Waals surface area contributed by atoms with Crippen LogP contribution in [0.25, 0.3) is 5.65 Å². The number of nitrogens with zero attached hydrogens (tertiary/aromatic N) is 2. The number of fused-ring (bicyclic) bond motifs is 1. The van der Waals surface area contributed by atoms with Crippen LogP contribution >= 0.6 is 11.6 Å². The first kappa shape index (κ1) is 11.7. The van der Waals surface area contributed by atoms with E-state index < -0.39 is 11.7 Å². The molecule has 0 bridgehead atoms. The maximum absolute atomic E-state index is 12.4. The van der Waals surface area contributed by atoms with Crippen molar-refractivity contribution in [1.29, 1.82) is 0 Å². The highest BCUT2D eigenvalue weighted by atomic mass is 35.5. The second-order valence-electron chi connectivity index (χ2n) is 3.06. The van der Waals surface area contributed by atoms with Crippen molar-refractivity contribution in [2.75, 3.05) is 0 Å². The lowest BCUT2D eigenvalue weighted by atomic mass is 10.2. The fourth-order valence-corrected chi connectivity index (χ4v) is 1.52. The molecule has 0 aromatic carbocycles. The molecule has 0 N–H and O–H groups in total. The van der Waals surface area contributed by atoms with Gasteiger partial charge < -0.3 is 4.74 Å². The van der Waals surface area contributed by atoms with E-state index in [9.17, 15) is 18.0 Å². The standard InChI is InChI=1S/C9H4ClF3N2O2/c10-7-8(17-4-16)14-6-3-5(9(11,12)13)1-2-15(6)7/h1-4H.